The minimum Gasteiger partial charge on any atom is -0.310 e. The zero-order chi connectivity index (χ0) is 14.6. The lowest BCUT2D eigenvalue weighted by Gasteiger charge is -2.32. The predicted octanol–water partition coefficient (Wildman–Crippen LogP) is 2.51. The first kappa shape index (κ1) is 15.3. The number of piperidine rings is 1. The summed E-state index contributed by atoms with van der Waals surface area (Å²) in [5.41, 5.74) is 2.33. The van der Waals surface area contributed by atoms with Crippen molar-refractivity contribution in [2.45, 2.75) is 38.5 Å². The number of hydrogen-bond acceptors (Lipinski definition) is 3. The first-order valence-corrected chi connectivity index (χ1v) is 6.86. The van der Waals surface area contributed by atoms with E-state index in [2.05, 4.69) is 10.3 Å². The molecule has 20 heavy (non-hydrogen) atoms. The van der Waals surface area contributed by atoms with Gasteiger partial charge in [0.25, 0.3) is 0 Å². The van der Waals surface area contributed by atoms with Gasteiger partial charge in [-0.3, -0.25) is 9.88 Å². The summed E-state index contributed by atoms with van der Waals surface area (Å²) in [6.45, 7) is 2.98. The molecule has 1 aromatic rings. The Kier molecular flexibility index (Phi) is 4.99. The zero-order valence-corrected chi connectivity index (χ0v) is 11.6. The molecule has 2 rings (SSSR count). The summed E-state index contributed by atoms with van der Waals surface area (Å²) in [5.74, 6) is 0. The van der Waals surface area contributed by atoms with Crippen molar-refractivity contribution in [1.82, 2.24) is 15.2 Å². The van der Waals surface area contributed by atoms with Crippen LogP contribution in [0.25, 0.3) is 0 Å². The smallest absolute Gasteiger partial charge is 0.310 e. The second-order valence-corrected chi connectivity index (χ2v) is 5.35. The largest absolute Gasteiger partial charge is 0.401 e. The Hall–Kier alpha value is -1.14. The molecule has 0 atom stereocenters. The van der Waals surface area contributed by atoms with E-state index in [4.69, 9.17) is 0 Å². The molecule has 3 nitrogen and oxygen atoms in total. The molecule has 112 valence electrons. The van der Waals surface area contributed by atoms with Crippen molar-refractivity contribution in [2.75, 3.05) is 19.6 Å². The number of rotatable bonds is 4. The van der Waals surface area contributed by atoms with Gasteiger partial charge in [-0.25, -0.2) is 0 Å². The third kappa shape index (κ3) is 4.76. The molecular weight excluding hydrogens is 267 g/mol. The van der Waals surface area contributed by atoms with E-state index in [0.29, 0.717) is 19.1 Å². The van der Waals surface area contributed by atoms with E-state index >= 15 is 0 Å². The molecule has 0 radical (unpaired) electrons. The number of aromatic nitrogens is 1. The van der Waals surface area contributed by atoms with E-state index in [1.807, 2.05) is 19.2 Å². The summed E-state index contributed by atoms with van der Waals surface area (Å²) in [7, 11) is 0. The summed E-state index contributed by atoms with van der Waals surface area (Å²) < 4.78 is 36.9. The molecule has 0 saturated carbocycles. The molecule has 0 aliphatic carbocycles. The lowest BCUT2D eigenvalue weighted by molar-refractivity contribution is -0.148. The number of halogens is 3. The van der Waals surface area contributed by atoms with Gasteiger partial charge in [0.1, 0.15) is 0 Å². The van der Waals surface area contributed by atoms with Crippen molar-refractivity contribution in [3.05, 3.63) is 29.6 Å². The van der Waals surface area contributed by atoms with Crippen molar-refractivity contribution in [3.63, 3.8) is 0 Å². The van der Waals surface area contributed by atoms with Gasteiger partial charge in [-0.15, -0.1) is 0 Å². The van der Waals surface area contributed by atoms with Gasteiger partial charge < -0.3 is 5.32 Å². The summed E-state index contributed by atoms with van der Waals surface area (Å²) >= 11 is 0. The highest BCUT2D eigenvalue weighted by Crippen LogP contribution is 2.20. The normalized spacial score (nSPS) is 18.4. The third-order valence-corrected chi connectivity index (χ3v) is 3.71. The SMILES string of the molecule is Cc1cnccc1CNC1CCN(CC(F)(F)F)CC1. The molecule has 1 aliphatic rings. The first-order chi connectivity index (χ1) is 9.44. The molecule has 0 spiro atoms. The molecular formula is C14H20F3N3. The van der Waals surface area contributed by atoms with E-state index in [1.54, 1.807) is 6.20 Å². The summed E-state index contributed by atoms with van der Waals surface area (Å²) in [6, 6.07) is 2.27. The summed E-state index contributed by atoms with van der Waals surface area (Å²) in [4.78, 5) is 5.52. The van der Waals surface area contributed by atoms with Gasteiger partial charge in [0.2, 0.25) is 0 Å². The quantitative estimate of drug-likeness (QED) is 0.922. The fourth-order valence-corrected chi connectivity index (χ4v) is 2.50. The molecule has 1 aliphatic heterocycles. The van der Waals surface area contributed by atoms with Gasteiger partial charge in [0.05, 0.1) is 6.54 Å². The highest BCUT2D eigenvalue weighted by Gasteiger charge is 2.32. The summed E-state index contributed by atoms with van der Waals surface area (Å²) in [6.07, 6.45) is 1.02. The molecule has 2 heterocycles. The Labute approximate surface area is 117 Å². The van der Waals surface area contributed by atoms with Crippen LogP contribution in [0.15, 0.2) is 18.5 Å². The van der Waals surface area contributed by atoms with Crippen molar-refractivity contribution < 1.29 is 13.2 Å². The minimum atomic E-state index is -4.09. The van der Waals surface area contributed by atoms with E-state index < -0.39 is 12.7 Å². The Morgan fingerprint density at radius 1 is 1.35 bits per heavy atom. The number of nitrogens with one attached hydrogen (secondary N) is 1. The van der Waals surface area contributed by atoms with Gasteiger partial charge in [0.15, 0.2) is 0 Å². The average Bonchev–Trinajstić information content (AvgIpc) is 2.38. The highest BCUT2D eigenvalue weighted by molar-refractivity contribution is 5.21. The van der Waals surface area contributed by atoms with E-state index in [9.17, 15) is 13.2 Å². The van der Waals surface area contributed by atoms with Crippen LogP contribution in [0.3, 0.4) is 0 Å². The second-order valence-electron chi connectivity index (χ2n) is 5.35. The number of alkyl halides is 3. The minimum absolute atomic E-state index is 0.298. The number of aryl methyl sites for hydroxylation is 1. The molecule has 0 bridgehead atoms. The molecule has 1 N–H and O–H groups in total. The average molecular weight is 287 g/mol. The van der Waals surface area contributed by atoms with Gasteiger partial charge >= 0.3 is 6.18 Å². The van der Waals surface area contributed by atoms with Crippen molar-refractivity contribution >= 4 is 0 Å². The Balaban J connectivity index is 1.74. The third-order valence-electron chi connectivity index (χ3n) is 3.71. The van der Waals surface area contributed by atoms with Crippen LogP contribution < -0.4 is 5.32 Å². The van der Waals surface area contributed by atoms with Crippen molar-refractivity contribution in [3.8, 4) is 0 Å². The van der Waals surface area contributed by atoms with Crippen molar-refractivity contribution in [1.29, 1.82) is 0 Å². The molecule has 0 aromatic carbocycles. The number of likely N-dealkylation sites (tertiary alicyclic amines) is 1. The van der Waals surface area contributed by atoms with Gasteiger partial charge in [-0.2, -0.15) is 13.2 Å². The van der Waals surface area contributed by atoms with Crippen LogP contribution in [-0.4, -0.2) is 41.7 Å². The van der Waals surface area contributed by atoms with E-state index in [-0.39, 0.29) is 0 Å². The maximum atomic E-state index is 12.3. The molecule has 1 saturated heterocycles. The zero-order valence-electron chi connectivity index (χ0n) is 11.6. The topological polar surface area (TPSA) is 28.2 Å². The van der Waals surface area contributed by atoms with Crippen LogP contribution in [0.2, 0.25) is 0 Å². The van der Waals surface area contributed by atoms with Crippen LogP contribution >= 0.6 is 0 Å². The number of nitrogens with zero attached hydrogens (tertiary/aromatic N) is 2. The molecule has 1 aromatic heterocycles. The molecule has 0 unspecified atom stereocenters. The van der Waals surface area contributed by atoms with Gasteiger partial charge in [-0.1, -0.05) is 0 Å². The van der Waals surface area contributed by atoms with E-state index in [0.717, 1.165) is 24.9 Å². The Bertz CT molecular complexity index is 426. The summed E-state index contributed by atoms with van der Waals surface area (Å²) in [5, 5.41) is 3.43. The maximum absolute atomic E-state index is 12.3. The predicted molar refractivity (Wildman–Crippen MR) is 71.3 cm³/mol. The molecule has 0 amide bonds. The number of pyridine rings is 1. The highest BCUT2D eigenvalue weighted by atomic mass is 19.4. The standard InChI is InChI=1S/C14H20F3N3/c1-11-8-18-5-2-12(11)9-19-13-3-6-20(7-4-13)10-14(15,16)17/h2,5,8,13,19H,3-4,6-7,9-10H2,1H3. The molecule has 1 fully saturated rings. The van der Waals surface area contributed by atoms with Crippen LogP contribution in [-0.2, 0) is 6.54 Å². The maximum Gasteiger partial charge on any atom is 0.401 e. The van der Waals surface area contributed by atoms with Crippen molar-refractivity contribution in [2.24, 2.45) is 0 Å². The monoisotopic (exact) mass is 287 g/mol. The fraction of sp³-hybridized carbons (Fsp3) is 0.643. The lowest BCUT2D eigenvalue weighted by atomic mass is 10.0. The second kappa shape index (κ2) is 6.54. The lowest BCUT2D eigenvalue weighted by Crippen LogP contribution is -2.45. The van der Waals surface area contributed by atoms with Crippen LogP contribution in [0, 0.1) is 6.92 Å². The van der Waals surface area contributed by atoms with Crippen LogP contribution in [0.1, 0.15) is 24.0 Å². The Morgan fingerprint density at radius 3 is 2.65 bits per heavy atom. The number of hydrogen-bond donors (Lipinski definition) is 1. The Morgan fingerprint density at radius 2 is 2.05 bits per heavy atom. The molecule has 6 heteroatoms. The first-order valence-electron chi connectivity index (χ1n) is 6.86. The van der Waals surface area contributed by atoms with Crippen LogP contribution in [0.5, 0.6) is 0 Å². The van der Waals surface area contributed by atoms with Crippen LogP contribution in [0.4, 0.5) is 13.2 Å². The van der Waals surface area contributed by atoms with Gasteiger partial charge in [0, 0.05) is 25.0 Å². The fourth-order valence-electron chi connectivity index (χ4n) is 2.50. The van der Waals surface area contributed by atoms with E-state index in [1.165, 1.54) is 10.5 Å². The van der Waals surface area contributed by atoms with Gasteiger partial charge in [-0.05, 0) is 50.0 Å².